The van der Waals surface area contributed by atoms with Crippen molar-refractivity contribution in [3.8, 4) is 5.75 Å². The summed E-state index contributed by atoms with van der Waals surface area (Å²) >= 11 is 0. The maximum Gasteiger partial charge on any atom is 0.326 e. The molecule has 0 unspecified atom stereocenters. The molecule has 2 aromatic rings. The van der Waals surface area contributed by atoms with Crippen molar-refractivity contribution >= 4 is 29.3 Å². The van der Waals surface area contributed by atoms with Gasteiger partial charge in [0.15, 0.2) is 11.9 Å². The van der Waals surface area contributed by atoms with Crippen LogP contribution in [0.15, 0.2) is 48.5 Å². The number of benzene rings is 2. The topological polar surface area (TPSA) is 111 Å². The van der Waals surface area contributed by atoms with Crippen LogP contribution in [0.1, 0.15) is 34.6 Å². The van der Waals surface area contributed by atoms with E-state index in [1.807, 2.05) is 0 Å². The van der Waals surface area contributed by atoms with Gasteiger partial charge in [-0.25, -0.2) is 0 Å². The molecule has 0 saturated heterocycles. The van der Waals surface area contributed by atoms with E-state index in [-0.39, 0.29) is 11.3 Å². The van der Waals surface area contributed by atoms with Gasteiger partial charge in [0.05, 0.1) is 12.7 Å². The lowest BCUT2D eigenvalue weighted by atomic mass is 10.1. The van der Waals surface area contributed by atoms with Crippen molar-refractivity contribution in [3.63, 3.8) is 0 Å². The highest BCUT2D eigenvalue weighted by atomic mass is 16.5. The molecule has 0 saturated carbocycles. The van der Waals surface area contributed by atoms with Crippen LogP contribution in [0.25, 0.3) is 0 Å². The third-order valence-electron chi connectivity index (χ3n) is 3.98. The van der Waals surface area contributed by atoms with Crippen molar-refractivity contribution in [2.75, 3.05) is 19.0 Å². The monoisotopic (exact) mass is 398 g/mol. The van der Waals surface area contributed by atoms with Crippen LogP contribution >= 0.6 is 0 Å². The van der Waals surface area contributed by atoms with E-state index in [4.69, 9.17) is 9.47 Å². The smallest absolute Gasteiger partial charge is 0.326 e. The summed E-state index contributed by atoms with van der Waals surface area (Å²) in [6.07, 6.45) is -1.07. The van der Waals surface area contributed by atoms with E-state index in [0.29, 0.717) is 17.0 Å². The number of hydrogen-bond donors (Lipinski definition) is 2. The maximum absolute atomic E-state index is 12.2. The number of para-hydroxylation sites is 1. The number of ether oxygens (including phenoxy) is 2. The van der Waals surface area contributed by atoms with E-state index < -0.39 is 30.4 Å². The van der Waals surface area contributed by atoms with Crippen LogP contribution in [0, 0.1) is 0 Å². The molecule has 0 bridgehead atoms. The second-order valence-electron chi connectivity index (χ2n) is 6.14. The number of rotatable bonds is 8. The van der Waals surface area contributed by atoms with Crippen molar-refractivity contribution < 1.29 is 28.7 Å². The Morgan fingerprint density at radius 3 is 2.28 bits per heavy atom. The molecule has 0 aromatic heterocycles. The number of methoxy groups -OCH3 is 1. The van der Waals surface area contributed by atoms with Crippen molar-refractivity contribution in [2.24, 2.45) is 0 Å². The number of esters is 1. The Morgan fingerprint density at radius 2 is 1.66 bits per heavy atom. The number of carbonyl (C=O) groups is 4. The fraction of sp³-hybridized carbons (Fsp3) is 0.238. The normalized spacial score (nSPS) is 11.1. The Bertz CT molecular complexity index is 908. The quantitative estimate of drug-likeness (QED) is 0.521. The van der Waals surface area contributed by atoms with Crippen LogP contribution in [0.2, 0.25) is 0 Å². The van der Waals surface area contributed by atoms with Gasteiger partial charge in [-0.15, -0.1) is 0 Å². The molecule has 0 fully saturated rings. The third kappa shape index (κ3) is 6.17. The summed E-state index contributed by atoms with van der Waals surface area (Å²) in [5.41, 5.74) is 1.27. The fourth-order valence-corrected chi connectivity index (χ4v) is 2.40. The summed E-state index contributed by atoms with van der Waals surface area (Å²) in [5, 5.41) is 5.01. The Hall–Kier alpha value is -3.68. The van der Waals surface area contributed by atoms with Crippen molar-refractivity contribution in [1.82, 2.24) is 5.32 Å². The van der Waals surface area contributed by atoms with E-state index in [2.05, 4.69) is 10.6 Å². The van der Waals surface area contributed by atoms with Crippen molar-refractivity contribution in [3.05, 3.63) is 59.7 Å². The highest BCUT2D eigenvalue weighted by Gasteiger charge is 2.19. The van der Waals surface area contributed by atoms with Crippen LogP contribution in [0.3, 0.4) is 0 Å². The first-order chi connectivity index (χ1) is 13.8. The molecule has 2 N–H and O–H groups in total. The fourth-order valence-electron chi connectivity index (χ4n) is 2.40. The summed E-state index contributed by atoms with van der Waals surface area (Å²) < 4.78 is 10.1. The first-order valence-electron chi connectivity index (χ1n) is 8.84. The van der Waals surface area contributed by atoms with Gasteiger partial charge in [0.25, 0.3) is 11.8 Å². The molecule has 1 atom stereocenters. The summed E-state index contributed by atoms with van der Waals surface area (Å²) in [4.78, 5) is 47.5. The molecule has 2 rings (SSSR count). The number of Topliss-reactive ketones (excluding diaryl/α,β-unsaturated/α-hetero) is 1. The van der Waals surface area contributed by atoms with Gasteiger partial charge < -0.3 is 20.1 Å². The molecule has 8 nitrogen and oxygen atoms in total. The lowest BCUT2D eigenvalue weighted by Crippen LogP contribution is -2.36. The zero-order valence-electron chi connectivity index (χ0n) is 16.4. The molecule has 2 aromatic carbocycles. The molecule has 0 aliphatic rings. The highest BCUT2D eigenvalue weighted by molar-refractivity contribution is 5.99. The number of amides is 2. The molecule has 0 spiro atoms. The first-order valence-corrected chi connectivity index (χ1v) is 8.84. The van der Waals surface area contributed by atoms with Gasteiger partial charge in [0.1, 0.15) is 12.3 Å². The first kappa shape index (κ1) is 21.6. The Labute approximate surface area is 168 Å². The lowest BCUT2D eigenvalue weighted by Gasteiger charge is -2.14. The zero-order chi connectivity index (χ0) is 21.4. The van der Waals surface area contributed by atoms with Gasteiger partial charge in [-0.05, 0) is 50.2 Å². The minimum Gasteiger partial charge on any atom is -0.496 e. The molecule has 2 amide bonds. The largest absolute Gasteiger partial charge is 0.496 e. The van der Waals surface area contributed by atoms with Crippen LogP contribution in [-0.2, 0) is 14.3 Å². The van der Waals surface area contributed by atoms with E-state index in [1.54, 1.807) is 48.5 Å². The second kappa shape index (κ2) is 10.0. The number of nitrogens with one attached hydrogen (secondary N) is 2. The average molecular weight is 398 g/mol. The van der Waals surface area contributed by atoms with E-state index in [1.165, 1.54) is 21.0 Å². The van der Waals surface area contributed by atoms with Crippen molar-refractivity contribution in [2.45, 2.75) is 20.0 Å². The number of ketones is 1. The van der Waals surface area contributed by atoms with Gasteiger partial charge in [-0.1, -0.05) is 12.1 Å². The molecule has 8 heteroatoms. The Balaban J connectivity index is 1.84. The minimum absolute atomic E-state index is 0.0830. The average Bonchev–Trinajstić information content (AvgIpc) is 2.72. The van der Waals surface area contributed by atoms with Crippen molar-refractivity contribution in [1.29, 1.82) is 0 Å². The summed E-state index contributed by atoms with van der Waals surface area (Å²) in [6.45, 7) is 2.46. The van der Waals surface area contributed by atoms with Gasteiger partial charge in [-0.3, -0.25) is 19.2 Å². The summed E-state index contributed by atoms with van der Waals surface area (Å²) in [7, 11) is 1.44. The molecule has 29 heavy (non-hydrogen) atoms. The van der Waals surface area contributed by atoms with E-state index in [0.717, 1.165) is 0 Å². The lowest BCUT2D eigenvalue weighted by molar-refractivity contribution is -0.152. The minimum atomic E-state index is -1.07. The summed E-state index contributed by atoms with van der Waals surface area (Å²) in [6, 6.07) is 12.9. The Kier molecular flexibility index (Phi) is 7.47. The predicted octanol–water partition coefficient (Wildman–Crippen LogP) is 2.20. The second-order valence-corrected chi connectivity index (χ2v) is 6.14. The van der Waals surface area contributed by atoms with Gasteiger partial charge in [0.2, 0.25) is 0 Å². The maximum atomic E-state index is 12.2. The molecule has 0 aliphatic heterocycles. The van der Waals surface area contributed by atoms with Crippen LogP contribution in [0.5, 0.6) is 5.75 Å². The molecule has 0 aliphatic carbocycles. The number of carbonyl (C=O) groups excluding carboxylic acids is 4. The molecule has 152 valence electrons. The van der Waals surface area contributed by atoms with Gasteiger partial charge >= 0.3 is 5.97 Å². The van der Waals surface area contributed by atoms with Crippen LogP contribution < -0.4 is 15.4 Å². The SMILES string of the molecule is COc1ccccc1C(=O)NCC(=O)O[C@H](C)C(=O)Nc1ccc(C(C)=O)cc1. The highest BCUT2D eigenvalue weighted by Crippen LogP contribution is 2.16. The van der Waals surface area contributed by atoms with E-state index >= 15 is 0 Å². The summed E-state index contributed by atoms with van der Waals surface area (Å²) in [5.74, 6) is -1.50. The standard InChI is InChI=1S/C21H22N2O6/c1-13(24)15-8-10-16(11-9-15)23-20(26)14(2)29-19(25)12-22-21(27)17-6-4-5-7-18(17)28-3/h4-11,14H,12H2,1-3H3,(H,22,27)(H,23,26)/t14-/m1/s1. The molecule has 0 heterocycles. The van der Waals surface area contributed by atoms with Crippen LogP contribution in [0.4, 0.5) is 5.69 Å². The van der Waals surface area contributed by atoms with Crippen LogP contribution in [-0.4, -0.2) is 43.3 Å². The van der Waals surface area contributed by atoms with Gasteiger partial charge in [-0.2, -0.15) is 0 Å². The molecular formula is C21H22N2O6. The van der Waals surface area contributed by atoms with E-state index in [9.17, 15) is 19.2 Å². The zero-order valence-corrected chi connectivity index (χ0v) is 16.4. The Morgan fingerprint density at radius 1 is 1.00 bits per heavy atom. The number of hydrogen-bond acceptors (Lipinski definition) is 6. The molecular weight excluding hydrogens is 376 g/mol. The van der Waals surface area contributed by atoms with Gasteiger partial charge in [0, 0.05) is 11.3 Å². The molecule has 0 radical (unpaired) electrons. The third-order valence-corrected chi connectivity index (χ3v) is 3.98. The number of anilines is 1. The predicted molar refractivity (Wildman–Crippen MR) is 106 cm³/mol.